The molecule has 2 aliphatic heterocycles. The van der Waals surface area contributed by atoms with E-state index in [0.29, 0.717) is 31.4 Å². The van der Waals surface area contributed by atoms with Crippen LogP contribution in [-0.2, 0) is 9.59 Å². The van der Waals surface area contributed by atoms with Crippen molar-refractivity contribution in [1.29, 1.82) is 0 Å². The Balaban J connectivity index is 1.44. The van der Waals surface area contributed by atoms with Gasteiger partial charge in [0.25, 0.3) is 0 Å². The zero-order valence-corrected chi connectivity index (χ0v) is 15.8. The Kier molecular flexibility index (Phi) is 6.14. The highest BCUT2D eigenvalue weighted by Crippen LogP contribution is 2.17. The fourth-order valence-electron chi connectivity index (χ4n) is 3.68. The normalized spacial score (nSPS) is 22.2. The Hall–Kier alpha value is -2.08. The molecule has 6 nitrogen and oxygen atoms in total. The van der Waals surface area contributed by atoms with Gasteiger partial charge in [-0.2, -0.15) is 0 Å². The van der Waals surface area contributed by atoms with Crippen LogP contribution in [0.15, 0.2) is 22.6 Å². The first kappa shape index (κ1) is 18.7. The summed E-state index contributed by atoms with van der Waals surface area (Å²) in [5.74, 6) is 1.74. The van der Waals surface area contributed by atoms with Crippen LogP contribution < -0.4 is 0 Å². The summed E-state index contributed by atoms with van der Waals surface area (Å²) in [6, 6.07) is 4.09. The fourth-order valence-corrected chi connectivity index (χ4v) is 3.68. The number of aryl methyl sites for hydroxylation is 1. The van der Waals surface area contributed by atoms with E-state index in [1.807, 2.05) is 28.9 Å². The van der Waals surface area contributed by atoms with Crippen molar-refractivity contribution in [2.24, 2.45) is 0 Å². The summed E-state index contributed by atoms with van der Waals surface area (Å²) in [5, 5.41) is 0. The summed E-state index contributed by atoms with van der Waals surface area (Å²) in [6.07, 6.45) is 6.71. The molecule has 0 aliphatic carbocycles. The van der Waals surface area contributed by atoms with Crippen LogP contribution >= 0.6 is 0 Å². The minimum absolute atomic E-state index is 0.00492. The monoisotopic (exact) mass is 359 g/mol. The second kappa shape index (κ2) is 8.54. The minimum atomic E-state index is -0.00492. The topological polar surface area (TPSA) is 57.0 Å². The van der Waals surface area contributed by atoms with E-state index in [-0.39, 0.29) is 11.8 Å². The summed E-state index contributed by atoms with van der Waals surface area (Å²) in [4.78, 5) is 30.8. The van der Waals surface area contributed by atoms with E-state index < -0.39 is 0 Å². The SMILES string of the molecule is Cc1ccc(/C=C\C(=O)N2CCN(CC(=O)N3CCCC[C@@H]3C)CC2)o1. The number of nitrogens with zero attached hydrogens (tertiary/aromatic N) is 3. The van der Waals surface area contributed by atoms with E-state index in [1.54, 1.807) is 12.2 Å². The lowest BCUT2D eigenvalue weighted by atomic mass is 10.0. The number of rotatable bonds is 4. The van der Waals surface area contributed by atoms with Gasteiger partial charge >= 0.3 is 0 Å². The number of furan rings is 1. The molecule has 0 saturated carbocycles. The predicted molar refractivity (Wildman–Crippen MR) is 101 cm³/mol. The van der Waals surface area contributed by atoms with Crippen LogP contribution in [0.1, 0.15) is 37.7 Å². The number of amides is 2. The van der Waals surface area contributed by atoms with E-state index in [0.717, 1.165) is 38.2 Å². The summed E-state index contributed by atoms with van der Waals surface area (Å²) in [7, 11) is 0. The molecule has 3 rings (SSSR count). The van der Waals surface area contributed by atoms with Crippen LogP contribution in [0.5, 0.6) is 0 Å². The number of likely N-dealkylation sites (tertiary alicyclic amines) is 1. The van der Waals surface area contributed by atoms with Crippen molar-refractivity contribution in [3.8, 4) is 0 Å². The van der Waals surface area contributed by atoms with Gasteiger partial charge in [-0.1, -0.05) is 0 Å². The van der Waals surface area contributed by atoms with Gasteiger partial charge in [0.05, 0.1) is 6.54 Å². The van der Waals surface area contributed by atoms with Gasteiger partial charge in [-0.25, -0.2) is 0 Å². The third-order valence-corrected chi connectivity index (χ3v) is 5.32. The lowest BCUT2D eigenvalue weighted by Crippen LogP contribution is -2.52. The van der Waals surface area contributed by atoms with Crippen LogP contribution in [0.4, 0.5) is 0 Å². The minimum Gasteiger partial charge on any atom is -0.462 e. The van der Waals surface area contributed by atoms with Crippen LogP contribution in [0.2, 0.25) is 0 Å². The van der Waals surface area contributed by atoms with Crippen molar-refractivity contribution < 1.29 is 14.0 Å². The summed E-state index contributed by atoms with van der Waals surface area (Å²) in [6.45, 7) is 8.17. The maximum Gasteiger partial charge on any atom is 0.246 e. The van der Waals surface area contributed by atoms with E-state index in [1.165, 1.54) is 6.42 Å². The van der Waals surface area contributed by atoms with Crippen molar-refractivity contribution in [2.75, 3.05) is 39.3 Å². The van der Waals surface area contributed by atoms with Crippen molar-refractivity contribution >= 4 is 17.9 Å². The molecule has 2 amide bonds. The molecule has 1 aromatic heterocycles. The number of carbonyl (C=O) groups excluding carboxylic acids is 2. The quantitative estimate of drug-likeness (QED) is 0.773. The molecule has 1 aromatic rings. The number of hydrogen-bond acceptors (Lipinski definition) is 4. The first-order chi connectivity index (χ1) is 12.5. The van der Waals surface area contributed by atoms with Crippen molar-refractivity contribution in [1.82, 2.24) is 14.7 Å². The molecule has 2 fully saturated rings. The number of hydrogen-bond donors (Lipinski definition) is 0. The van der Waals surface area contributed by atoms with Gasteiger partial charge in [0, 0.05) is 44.8 Å². The zero-order valence-electron chi connectivity index (χ0n) is 15.8. The third-order valence-electron chi connectivity index (χ3n) is 5.32. The third kappa shape index (κ3) is 4.75. The molecule has 0 bridgehead atoms. The Morgan fingerprint density at radius 1 is 1.15 bits per heavy atom. The van der Waals surface area contributed by atoms with Gasteiger partial charge in [0.2, 0.25) is 11.8 Å². The van der Waals surface area contributed by atoms with Gasteiger partial charge in [-0.15, -0.1) is 0 Å². The van der Waals surface area contributed by atoms with E-state index in [4.69, 9.17) is 4.42 Å². The van der Waals surface area contributed by atoms with Gasteiger partial charge in [0.15, 0.2) is 0 Å². The van der Waals surface area contributed by atoms with Crippen LogP contribution in [0, 0.1) is 6.92 Å². The standard InChI is InChI=1S/C20H29N3O3/c1-16-5-3-4-10-23(16)20(25)15-21-11-13-22(14-12-21)19(24)9-8-18-7-6-17(2)26-18/h6-9,16H,3-5,10-15H2,1-2H3/b9-8-/t16-/m0/s1. The highest BCUT2D eigenvalue weighted by atomic mass is 16.3. The zero-order chi connectivity index (χ0) is 18.5. The van der Waals surface area contributed by atoms with Gasteiger partial charge < -0.3 is 14.2 Å². The first-order valence-electron chi connectivity index (χ1n) is 9.58. The molecule has 0 N–H and O–H groups in total. The molecule has 0 spiro atoms. The average molecular weight is 359 g/mol. The van der Waals surface area contributed by atoms with E-state index >= 15 is 0 Å². The lowest BCUT2D eigenvalue weighted by Gasteiger charge is -2.37. The van der Waals surface area contributed by atoms with Gasteiger partial charge in [0.1, 0.15) is 11.5 Å². The van der Waals surface area contributed by atoms with Crippen LogP contribution in [0.3, 0.4) is 0 Å². The second-order valence-electron chi connectivity index (χ2n) is 7.32. The number of carbonyl (C=O) groups is 2. The molecule has 142 valence electrons. The van der Waals surface area contributed by atoms with Crippen LogP contribution in [0.25, 0.3) is 6.08 Å². The molecule has 26 heavy (non-hydrogen) atoms. The fraction of sp³-hybridized carbons (Fsp3) is 0.600. The highest BCUT2D eigenvalue weighted by molar-refractivity contribution is 5.91. The van der Waals surface area contributed by atoms with E-state index in [2.05, 4.69) is 11.8 Å². The molecule has 1 atom stereocenters. The largest absolute Gasteiger partial charge is 0.462 e. The van der Waals surface area contributed by atoms with Crippen LogP contribution in [-0.4, -0.2) is 71.8 Å². The Labute approximate surface area is 155 Å². The summed E-state index contributed by atoms with van der Waals surface area (Å²) >= 11 is 0. The lowest BCUT2D eigenvalue weighted by molar-refractivity contribution is -0.136. The van der Waals surface area contributed by atoms with Crippen molar-refractivity contribution in [2.45, 2.75) is 39.2 Å². The maximum atomic E-state index is 12.5. The Bertz CT molecular complexity index is 659. The molecule has 0 aromatic carbocycles. The molecule has 2 saturated heterocycles. The van der Waals surface area contributed by atoms with Gasteiger partial charge in [-0.05, 0) is 51.3 Å². The molecule has 0 radical (unpaired) electrons. The van der Waals surface area contributed by atoms with Crippen molar-refractivity contribution in [3.63, 3.8) is 0 Å². The Morgan fingerprint density at radius 3 is 2.58 bits per heavy atom. The number of piperazine rings is 1. The summed E-state index contributed by atoms with van der Waals surface area (Å²) < 4.78 is 5.44. The van der Waals surface area contributed by atoms with E-state index in [9.17, 15) is 9.59 Å². The van der Waals surface area contributed by atoms with Gasteiger partial charge in [-0.3, -0.25) is 14.5 Å². The Morgan fingerprint density at radius 2 is 1.92 bits per heavy atom. The molecule has 3 heterocycles. The molecular formula is C20H29N3O3. The molecule has 6 heteroatoms. The molecular weight excluding hydrogens is 330 g/mol. The highest BCUT2D eigenvalue weighted by Gasteiger charge is 2.26. The first-order valence-corrected chi connectivity index (χ1v) is 9.58. The number of piperidine rings is 1. The molecule has 2 aliphatic rings. The average Bonchev–Trinajstić information content (AvgIpc) is 3.06. The maximum absolute atomic E-state index is 12.5. The second-order valence-corrected chi connectivity index (χ2v) is 7.32. The molecule has 0 unspecified atom stereocenters. The van der Waals surface area contributed by atoms with Crippen molar-refractivity contribution in [3.05, 3.63) is 29.7 Å². The smallest absolute Gasteiger partial charge is 0.246 e. The predicted octanol–water partition coefficient (Wildman–Crippen LogP) is 2.15. The summed E-state index contributed by atoms with van der Waals surface area (Å²) in [5.41, 5.74) is 0.